The Kier molecular flexibility index (Phi) is 2.86. The minimum atomic E-state index is -0.0536. The van der Waals surface area contributed by atoms with Gasteiger partial charge < -0.3 is 9.47 Å². The smallest absolute Gasteiger partial charge is 0.116 e. The molecule has 1 atom stereocenters. The van der Waals surface area contributed by atoms with Crippen LogP contribution in [0.15, 0.2) is 0 Å². The molecule has 76 valence electrons. The van der Waals surface area contributed by atoms with E-state index in [4.69, 9.17) is 9.47 Å². The van der Waals surface area contributed by atoms with Gasteiger partial charge in [-0.05, 0) is 32.1 Å². The molecule has 2 fully saturated rings. The summed E-state index contributed by atoms with van der Waals surface area (Å²) in [5.74, 6) is 0.782. The van der Waals surface area contributed by atoms with Crippen LogP contribution in [0.25, 0.3) is 0 Å². The van der Waals surface area contributed by atoms with Crippen LogP contribution < -0.4 is 5.32 Å². The van der Waals surface area contributed by atoms with E-state index in [1.54, 1.807) is 0 Å². The van der Waals surface area contributed by atoms with Crippen molar-refractivity contribution in [2.75, 3.05) is 26.4 Å². The fraction of sp³-hybridized carbons (Fsp3) is 1.00. The first-order chi connectivity index (χ1) is 6.29. The Hall–Kier alpha value is -0.120. The lowest BCUT2D eigenvalue weighted by atomic mass is 9.91. The summed E-state index contributed by atoms with van der Waals surface area (Å²) in [4.78, 5) is 0. The molecule has 3 nitrogen and oxygen atoms in total. The molecule has 0 radical (unpaired) electrons. The molecule has 2 aliphatic rings. The molecular weight excluding hydrogens is 166 g/mol. The standard InChI is InChI=1S/C10H19NO2/c1-10(11-4-7-13-10)8-9-2-5-12-6-3-9/h9,11H,2-8H2,1H3. The summed E-state index contributed by atoms with van der Waals surface area (Å²) in [7, 11) is 0. The van der Waals surface area contributed by atoms with E-state index in [-0.39, 0.29) is 5.72 Å². The molecule has 3 heteroatoms. The van der Waals surface area contributed by atoms with Crippen LogP contribution in [0, 0.1) is 5.92 Å². The molecule has 0 aromatic heterocycles. The number of ether oxygens (including phenoxy) is 2. The van der Waals surface area contributed by atoms with Crippen molar-refractivity contribution in [3.05, 3.63) is 0 Å². The topological polar surface area (TPSA) is 30.5 Å². The third kappa shape index (κ3) is 2.42. The number of hydrogen-bond acceptors (Lipinski definition) is 3. The first-order valence-corrected chi connectivity index (χ1v) is 5.25. The molecule has 0 spiro atoms. The van der Waals surface area contributed by atoms with E-state index in [0.29, 0.717) is 0 Å². The molecule has 2 saturated heterocycles. The van der Waals surface area contributed by atoms with E-state index in [2.05, 4.69) is 12.2 Å². The number of nitrogens with one attached hydrogen (secondary N) is 1. The highest BCUT2D eigenvalue weighted by Crippen LogP contribution is 2.27. The Bertz CT molecular complexity index is 160. The van der Waals surface area contributed by atoms with Crippen molar-refractivity contribution in [2.45, 2.75) is 31.9 Å². The lowest BCUT2D eigenvalue weighted by Gasteiger charge is -2.31. The Morgan fingerprint density at radius 3 is 2.69 bits per heavy atom. The molecule has 1 unspecified atom stereocenters. The van der Waals surface area contributed by atoms with Gasteiger partial charge >= 0.3 is 0 Å². The molecular formula is C10H19NO2. The van der Waals surface area contributed by atoms with Crippen molar-refractivity contribution in [2.24, 2.45) is 5.92 Å². The fourth-order valence-electron chi connectivity index (χ4n) is 2.28. The van der Waals surface area contributed by atoms with E-state index in [0.717, 1.165) is 38.7 Å². The van der Waals surface area contributed by atoms with Gasteiger partial charge in [-0.2, -0.15) is 0 Å². The van der Waals surface area contributed by atoms with E-state index >= 15 is 0 Å². The Morgan fingerprint density at radius 2 is 2.08 bits per heavy atom. The summed E-state index contributed by atoms with van der Waals surface area (Å²) in [5.41, 5.74) is -0.0536. The summed E-state index contributed by atoms with van der Waals surface area (Å²) in [6.45, 7) is 5.89. The zero-order valence-electron chi connectivity index (χ0n) is 8.34. The van der Waals surface area contributed by atoms with Crippen LogP contribution in [0.3, 0.4) is 0 Å². The largest absolute Gasteiger partial charge is 0.381 e. The molecule has 1 N–H and O–H groups in total. The summed E-state index contributed by atoms with van der Waals surface area (Å²) in [5, 5.41) is 3.42. The van der Waals surface area contributed by atoms with Gasteiger partial charge in [0.25, 0.3) is 0 Å². The van der Waals surface area contributed by atoms with Crippen molar-refractivity contribution in [3.63, 3.8) is 0 Å². The van der Waals surface area contributed by atoms with Crippen LogP contribution in [0.2, 0.25) is 0 Å². The maximum atomic E-state index is 5.69. The van der Waals surface area contributed by atoms with E-state index in [9.17, 15) is 0 Å². The normalized spacial score (nSPS) is 36.7. The zero-order chi connectivity index (χ0) is 9.15. The van der Waals surface area contributed by atoms with Crippen LogP contribution in [-0.4, -0.2) is 32.1 Å². The quantitative estimate of drug-likeness (QED) is 0.699. The molecule has 0 bridgehead atoms. The first kappa shape index (κ1) is 9.44. The molecule has 2 aliphatic heterocycles. The van der Waals surface area contributed by atoms with Crippen molar-refractivity contribution in [1.29, 1.82) is 0 Å². The third-order valence-corrected chi connectivity index (χ3v) is 3.04. The Labute approximate surface area is 79.8 Å². The predicted molar refractivity (Wildman–Crippen MR) is 50.5 cm³/mol. The maximum Gasteiger partial charge on any atom is 0.116 e. The van der Waals surface area contributed by atoms with Crippen molar-refractivity contribution < 1.29 is 9.47 Å². The summed E-state index contributed by atoms with van der Waals surface area (Å²) in [6, 6.07) is 0. The van der Waals surface area contributed by atoms with Gasteiger partial charge in [0.05, 0.1) is 6.61 Å². The zero-order valence-corrected chi connectivity index (χ0v) is 8.34. The predicted octanol–water partition coefficient (Wildman–Crippen LogP) is 1.14. The van der Waals surface area contributed by atoms with E-state index in [1.165, 1.54) is 12.8 Å². The highest BCUT2D eigenvalue weighted by atomic mass is 16.5. The monoisotopic (exact) mass is 185 g/mol. The van der Waals surface area contributed by atoms with Crippen molar-refractivity contribution in [1.82, 2.24) is 5.32 Å². The van der Waals surface area contributed by atoms with Gasteiger partial charge in [0.15, 0.2) is 0 Å². The second-order valence-corrected chi connectivity index (χ2v) is 4.27. The third-order valence-electron chi connectivity index (χ3n) is 3.04. The Morgan fingerprint density at radius 1 is 1.31 bits per heavy atom. The van der Waals surface area contributed by atoms with Gasteiger partial charge in [-0.1, -0.05) is 0 Å². The van der Waals surface area contributed by atoms with Crippen LogP contribution in [-0.2, 0) is 9.47 Å². The van der Waals surface area contributed by atoms with Crippen LogP contribution in [0.5, 0.6) is 0 Å². The van der Waals surface area contributed by atoms with E-state index in [1.807, 2.05) is 0 Å². The van der Waals surface area contributed by atoms with Gasteiger partial charge in [0, 0.05) is 19.8 Å². The minimum Gasteiger partial charge on any atom is -0.381 e. The lowest BCUT2D eigenvalue weighted by molar-refractivity contribution is -0.0313. The highest BCUT2D eigenvalue weighted by molar-refractivity contribution is 4.81. The first-order valence-electron chi connectivity index (χ1n) is 5.25. The summed E-state index contributed by atoms with van der Waals surface area (Å²) < 4.78 is 11.0. The number of hydrogen-bond donors (Lipinski definition) is 1. The molecule has 0 aromatic rings. The minimum absolute atomic E-state index is 0.0536. The maximum absolute atomic E-state index is 5.69. The van der Waals surface area contributed by atoms with Crippen molar-refractivity contribution in [3.8, 4) is 0 Å². The van der Waals surface area contributed by atoms with Gasteiger partial charge in [-0.3, -0.25) is 5.32 Å². The molecule has 2 heterocycles. The molecule has 0 aliphatic carbocycles. The summed E-state index contributed by atoms with van der Waals surface area (Å²) >= 11 is 0. The van der Waals surface area contributed by atoms with E-state index < -0.39 is 0 Å². The SMILES string of the molecule is CC1(CC2CCOCC2)NCCO1. The van der Waals surface area contributed by atoms with Crippen molar-refractivity contribution >= 4 is 0 Å². The lowest BCUT2D eigenvalue weighted by Crippen LogP contribution is -2.40. The molecule has 0 amide bonds. The fourth-order valence-corrected chi connectivity index (χ4v) is 2.28. The number of rotatable bonds is 2. The van der Waals surface area contributed by atoms with Crippen LogP contribution in [0.1, 0.15) is 26.2 Å². The second kappa shape index (κ2) is 3.95. The van der Waals surface area contributed by atoms with Gasteiger partial charge in [-0.15, -0.1) is 0 Å². The van der Waals surface area contributed by atoms with Crippen LogP contribution in [0.4, 0.5) is 0 Å². The Balaban J connectivity index is 1.81. The molecule has 2 rings (SSSR count). The van der Waals surface area contributed by atoms with Gasteiger partial charge in [0.1, 0.15) is 5.72 Å². The van der Waals surface area contributed by atoms with Crippen LogP contribution >= 0.6 is 0 Å². The summed E-state index contributed by atoms with van der Waals surface area (Å²) in [6.07, 6.45) is 3.53. The molecule has 0 aromatic carbocycles. The highest BCUT2D eigenvalue weighted by Gasteiger charge is 2.32. The second-order valence-electron chi connectivity index (χ2n) is 4.27. The average molecular weight is 185 g/mol. The molecule has 13 heavy (non-hydrogen) atoms. The molecule has 0 saturated carbocycles. The average Bonchev–Trinajstić information content (AvgIpc) is 2.54. The van der Waals surface area contributed by atoms with Gasteiger partial charge in [-0.25, -0.2) is 0 Å². The van der Waals surface area contributed by atoms with Gasteiger partial charge in [0.2, 0.25) is 0 Å².